The molecule has 1 unspecified atom stereocenters. The van der Waals surface area contributed by atoms with Gasteiger partial charge in [-0.05, 0) is 24.3 Å². The van der Waals surface area contributed by atoms with Crippen LogP contribution in [-0.4, -0.2) is 22.1 Å². The van der Waals surface area contributed by atoms with Crippen molar-refractivity contribution >= 4 is 28.3 Å². The number of hydrogen-bond donors (Lipinski definition) is 2. The predicted octanol–water partition coefficient (Wildman–Crippen LogP) is 4.41. The number of rotatable bonds is 6. The molecule has 0 aliphatic carbocycles. The first-order valence-corrected chi connectivity index (χ1v) is 10.4. The smallest absolute Gasteiger partial charge is 0.416 e. The normalized spacial score (nSPS) is 12.2. The number of halogens is 3. The minimum absolute atomic E-state index is 0.102. The Kier molecular flexibility index (Phi) is 6.63. The van der Waals surface area contributed by atoms with Crippen LogP contribution in [0.2, 0.25) is 0 Å². The molecule has 0 fully saturated rings. The van der Waals surface area contributed by atoms with Gasteiger partial charge in [0.05, 0.1) is 23.1 Å². The van der Waals surface area contributed by atoms with Gasteiger partial charge >= 0.3 is 12.1 Å². The quantitative estimate of drug-likeness (QED) is 0.398. The largest absolute Gasteiger partial charge is 0.447 e. The molecule has 0 saturated heterocycles. The maximum atomic E-state index is 13.0. The molecular formula is C25H18F3N3O4. The van der Waals surface area contributed by atoms with Crippen molar-refractivity contribution in [1.82, 2.24) is 10.2 Å². The number of fused-ring (bicyclic) bond motifs is 1. The fourth-order valence-corrected chi connectivity index (χ4v) is 3.50. The molecule has 0 bridgehead atoms. The highest BCUT2D eigenvalue weighted by Gasteiger charge is 2.31. The number of aromatic amines is 1. The molecule has 178 valence electrons. The number of anilines is 1. The number of ether oxygens (including phenoxy) is 1. The molecule has 1 atom stereocenters. The number of nitrogens with one attached hydrogen (secondary N) is 2. The van der Waals surface area contributed by atoms with Crippen molar-refractivity contribution in [2.24, 2.45) is 0 Å². The zero-order valence-electron chi connectivity index (χ0n) is 18.0. The second-order valence-electron chi connectivity index (χ2n) is 7.57. The summed E-state index contributed by atoms with van der Waals surface area (Å²) in [5.41, 5.74) is -0.880. The molecule has 0 aliphatic rings. The molecule has 35 heavy (non-hydrogen) atoms. The summed E-state index contributed by atoms with van der Waals surface area (Å²) in [6, 6.07) is 18.8. The van der Waals surface area contributed by atoms with Crippen LogP contribution < -0.4 is 10.9 Å². The standard InChI is InChI=1S/C25H18F3N3O4/c26-25(27,28)16-9-6-10-17(13-16)29-24(34)22(15-7-2-1-3-8-15)35-21(32)14-20-18-11-4-5-12-19(18)23(33)31-30-20/h1-13,22H,14H2,(H,29,34)(H,31,33). The van der Waals surface area contributed by atoms with Gasteiger partial charge in [-0.25, -0.2) is 5.10 Å². The van der Waals surface area contributed by atoms with Crippen molar-refractivity contribution < 1.29 is 27.5 Å². The monoisotopic (exact) mass is 481 g/mol. The summed E-state index contributed by atoms with van der Waals surface area (Å²) in [7, 11) is 0. The van der Waals surface area contributed by atoms with Crippen molar-refractivity contribution in [3.63, 3.8) is 0 Å². The second kappa shape index (κ2) is 9.80. The van der Waals surface area contributed by atoms with E-state index in [2.05, 4.69) is 15.5 Å². The van der Waals surface area contributed by atoms with E-state index in [0.717, 1.165) is 18.2 Å². The first kappa shape index (κ1) is 23.7. The number of H-pyrrole nitrogens is 1. The molecule has 0 aliphatic heterocycles. The number of hydrogen-bond acceptors (Lipinski definition) is 5. The Morgan fingerprint density at radius 1 is 0.943 bits per heavy atom. The summed E-state index contributed by atoms with van der Waals surface area (Å²) in [6.07, 6.45) is -6.37. The van der Waals surface area contributed by atoms with Gasteiger partial charge < -0.3 is 10.1 Å². The third kappa shape index (κ3) is 5.55. The number of aromatic nitrogens is 2. The highest BCUT2D eigenvalue weighted by molar-refractivity contribution is 5.96. The average molecular weight is 481 g/mol. The molecule has 4 rings (SSSR count). The number of esters is 1. The van der Waals surface area contributed by atoms with Crippen LogP contribution in [0.4, 0.5) is 18.9 Å². The first-order valence-electron chi connectivity index (χ1n) is 10.4. The number of alkyl halides is 3. The summed E-state index contributed by atoms with van der Waals surface area (Å²) in [4.78, 5) is 37.7. The van der Waals surface area contributed by atoms with Gasteiger partial charge in [-0.1, -0.05) is 54.6 Å². The van der Waals surface area contributed by atoms with Crippen LogP contribution >= 0.6 is 0 Å². The lowest BCUT2D eigenvalue weighted by Gasteiger charge is -2.18. The third-order valence-electron chi connectivity index (χ3n) is 5.13. The fraction of sp³-hybridized carbons (Fsp3) is 0.120. The van der Waals surface area contributed by atoms with Gasteiger partial charge in [0.2, 0.25) is 6.10 Å². The van der Waals surface area contributed by atoms with Gasteiger partial charge in [0.15, 0.2) is 0 Å². The van der Waals surface area contributed by atoms with Gasteiger partial charge in [-0.2, -0.15) is 18.3 Å². The Morgan fingerprint density at radius 2 is 1.63 bits per heavy atom. The summed E-state index contributed by atoms with van der Waals surface area (Å²) in [5.74, 6) is -1.65. The van der Waals surface area contributed by atoms with Crippen molar-refractivity contribution in [3.8, 4) is 0 Å². The van der Waals surface area contributed by atoms with E-state index in [4.69, 9.17) is 4.74 Å². The maximum Gasteiger partial charge on any atom is 0.416 e. The third-order valence-corrected chi connectivity index (χ3v) is 5.13. The van der Waals surface area contributed by atoms with Gasteiger partial charge in [-0.15, -0.1) is 0 Å². The van der Waals surface area contributed by atoms with Crippen LogP contribution in [0, 0.1) is 0 Å². The van der Waals surface area contributed by atoms with E-state index < -0.39 is 35.3 Å². The SMILES string of the molecule is O=C(Cc1n[nH]c(=O)c2ccccc12)OC(C(=O)Nc1cccc(C(F)(F)F)c1)c1ccccc1. The lowest BCUT2D eigenvalue weighted by molar-refractivity contribution is -0.154. The Balaban J connectivity index is 1.57. The molecule has 1 heterocycles. The molecule has 7 nitrogen and oxygen atoms in total. The number of benzene rings is 3. The minimum atomic E-state index is -4.58. The number of carbonyl (C=O) groups excluding carboxylic acids is 2. The highest BCUT2D eigenvalue weighted by atomic mass is 19.4. The minimum Gasteiger partial charge on any atom is -0.447 e. The van der Waals surface area contributed by atoms with E-state index in [1.807, 2.05) is 0 Å². The van der Waals surface area contributed by atoms with Gasteiger partial charge in [0.25, 0.3) is 11.5 Å². The van der Waals surface area contributed by atoms with Gasteiger partial charge in [-0.3, -0.25) is 14.4 Å². The predicted molar refractivity (Wildman–Crippen MR) is 121 cm³/mol. The fourth-order valence-electron chi connectivity index (χ4n) is 3.50. The summed E-state index contributed by atoms with van der Waals surface area (Å²) >= 11 is 0. The zero-order chi connectivity index (χ0) is 25.0. The van der Waals surface area contributed by atoms with E-state index in [1.165, 1.54) is 6.07 Å². The second-order valence-corrected chi connectivity index (χ2v) is 7.57. The number of nitrogens with zero attached hydrogens (tertiary/aromatic N) is 1. The van der Waals surface area contributed by atoms with Gasteiger partial charge in [0.1, 0.15) is 0 Å². The van der Waals surface area contributed by atoms with Crippen molar-refractivity contribution in [2.45, 2.75) is 18.7 Å². The van der Waals surface area contributed by atoms with E-state index in [1.54, 1.807) is 54.6 Å². The average Bonchev–Trinajstić information content (AvgIpc) is 2.84. The molecule has 10 heteroatoms. The summed E-state index contributed by atoms with van der Waals surface area (Å²) < 4.78 is 44.5. The first-order chi connectivity index (χ1) is 16.7. The Labute approximate surface area is 196 Å². The maximum absolute atomic E-state index is 13.0. The van der Waals surface area contributed by atoms with E-state index in [-0.39, 0.29) is 17.8 Å². The Bertz CT molecular complexity index is 1440. The van der Waals surface area contributed by atoms with Crippen molar-refractivity contribution in [1.29, 1.82) is 0 Å². The Morgan fingerprint density at radius 3 is 2.34 bits per heavy atom. The van der Waals surface area contributed by atoms with E-state index in [9.17, 15) is 27.6 Å². The Hall–Kier alpha value is -4.47. The molecule has 0 radical (unpaired) electrons. The highest BCUT2D eigenvalue weighted by Crippen LogP contribution is 2.31. The van der Waals surface area contributed by atoms with Crippen LogP contribution in [0.5, 0.6) is 0 Å². The molecule has 0 spiro atoms. The zero-order valence-corrected chi connectivity index (χ0v) is 18.0. The van der Waals surface area contributed by atoms with Crippen LogP contribution in [0.25, 0.3) is 10.8 Å². The van der Waals surface area contributed by atoms with Crippen molar-refractivity contribution in [3.05, 3.63) is 106 Å². The van der Waals surface area contributed by atoms with Crippen LogP contribution in [0.15, 0.2) is 83.7 Å². The van der Waals surface area contributed by atoms with Crippen LogP contribution in [-0.2, 0) is 26.9 Å². The molecule has 4 aromatic rings. The van der Waals surface area contributed by atoms with Crippen LogP contribution in [0.3, 0.4) is 0 Å². The van der Waals surface area contributed by atoms with Gasteiger partial charge in [0, 0.05) is 16.6 Å². The van der Waals surface area contributed by atoms with E-state index >= 15 is 0 Å². The molecular weight excluding hydrogens is 463 g/mol. The molecule has 1 amide bonds. The van der Waals surface area contributed by atoms with Crippen LogP contribution in [0.1, 0.15) is 22.9 Å². The number of amides is 1. The molecule has 0 saturated carbocycles. The lowest BCUT2D eigenvalue weighted by atomic mass is 10.1. The lowest BCUT2D eigenvalue weighted by Crippen LogP contribution is -2.27. The number of carbonyl (C=O) groups is 2. The molecule has 2 N–H and O–H groups in total. The van der Waals surface area contributed by atoms with Crippen molar-refractivity contribution in [2.75, 3.05) is 5.32 Å². The summed E-state index contributed by atoms with van der Waals surface area (Å²) in [6.45, 7) is 0. The molecule has 3 aromatic carbocycles. The summed E-state index contributed by atoms with van der Waals surface area (Å²) in [5, 5.41) is 9.42. The van der Waals surface area contributed by atoms with E-state index in [0.29, 0.717) is 16.3 Å². The molecule has 1 aromatic heterocycles. The topological polar surface area (TPSA) is 101 Å².